The molecule has 0 amide bonds. The Kier molecular flexibility index (Phi) is 5.57. The molecule has 0 aliphatic heterocycles. The number of hydrogen-bond acceptors (Lipinski definition) is 2. The fourth-order valence-corrected chi connectivity index (χ4v) is 3.16. The minimum Gasteiger partial charge on any atom is -0.305 e. The van der Waals surface area contributed by atoms with Gasteiger partial charge in [-0.2, -0.15) is 5.10 Å². The third-order valence-electron chi connectivity index (χ3n) is 3.23. The zero-order valence-corrected chi connectivity index (χ0v) is 15.4. The molecule has 6 heteroatoms. The largest absolute Gasteiger partial charge is 0.305 e. The predicted octanol–water partition coefficient (Wildman–Crippen LogP) is 4.83. The second-order valence-corrected chi connectivity index (χ2v) is 6.84. The van der Waals surface area contributed by atoms with Crippen LogP contribution in [0.4, 0.5) is 4.39 Å². The standard InChI is InChI=1S/C15H18Br2FN3/c1-4-19-14(11-6-5-10(16)7-13(11)18)15-12(17)8-20-21(15)9(2)3/h5-9,14,19H,4H2,1-3H3. The number of nitrogens with one attached hydrogen (secondary N) is 1. The van der Waals surface area contributed by atoms with E-state index in [0.29, 0.717) is 5.56 Å². The number of aromatic nitrogens is 2. The molecule has 1 N–H and O–H groups in total. The highest BCUT2D eigenvalue weighted by atomic mass is 79.9. The van der Waals surface area contributed by atoms with Gasteiger partial charge in [0.1, 0.15) is 5.82 Å². The third-order valence-corrected chi connectivity index (χ3v) is 4.34. The first-order chi connectivity index (χ1) is 9.95. The van der Waals surface area contributed by atoms with Gasteiger partial charge in [0, 0.05) is 16.1 Å². The molecule has 0 aliphatic rings. The van der Waals surface area contributed by atoms with Gasteiger partial charge in [0.05, 0.1) is 22.4 Å². The van der Waals surface area contributed by atoms with E-state index in [0.717, 1.165) is 21.2 Å². The minimum absolute atomic E-state index is 0.200. The molecule has 0 spiro atoms. The average Bonchev–Trinajstić information content (AvgIpc) is 2.79. The topological polar surface area (TPSA) is 29.9 Å². The number of halogens is 3. The van der Waals surface area contributed by atoms with E-state index < -0.39 is 0 Å². The lowest BCUT2D eigenvalue weighted by Crippen LogP contribution is -2.26. The van der Waals surface area contributed by atoms with Crippen LogP contribution in [-0.2, 0) is 0 Å². The van der Waals surface area contributed by atoms with Crippen LogP contribution in [0.2, 0.25) is 0 Å². The normalized spacial score (nSPS) is 12.9. The maximum absolute atomic E-state index is 14.4. The Balaban J connectivity index is 2.56. The van der Waals surface area contributed by atoms with E-state index in [-0.39, 0.29) is 17.9 Å². The SMILES string of the molecule is CCNC(c1ccc(Br)cc1F)c1c(Br)cnn1C(C)C. The maximum Gasteiger partial charge on any atom is 0.129 e. The summed E-state index contributed by atoms with van der Waals surface area (Å²) in [6.45, 7) is 6.86. The Morgan fingerprint density at radius 2 is 2.05 bits per heavy atom. The lowest BCUT2D eigenvalue weighted by Gasteiger charge is -2.23. The van der Waals surface area contributed by atoms with Crippen molar-refractivity contribution in [1.29, 1.82) is 0 Å². The van der Waals surface area contributed by atoms with Crippen molar-refractivity contribution in [2.24, 2.45) is 0 Å². The van der Waals surface area contributed by atoms with Gasteiger partial charge in [-0.05, 0) is 48.5 Å². The molecule has 2 rings (SSSR count). The first-order valence-electron chi connectivity index (χ1n) is 6.87. The zero-order valence-electron chi connectivity index (χ0n) is 12.2. The van der Waals surface area contributed by atoms with Crippen LogP contribution in [0.1, 0.15) is 44.1 Å². The summed E-state index contributed by atoms with van der Waals surface area (Å²) in [5, 5.41) is 7.74. The van der Waals surface area contributed by atoms with Crippen LogP contribution in [0, 0.1) is 5.82 Å². The number of rotatable bonds is 5. The molecule has 2 aromatic rings. The minimum atomic E-state index is -0.248. The Morgan fingerprint density at radius 3 is 2.62 bits per heavy atom. The van der Waals surface area contributed by atoms with Crippen molar-refractivity contribution in [1.82, 2.24) is 15.1 Å². The summed E-state index contributed by atoms with van der Waals surface area (Å²) < 4.78 is 17.9. The van der Waals surface area contributed by atoms with Gasteiger partial charge in [-0.25, -0.2) is 4.39 Å². The molecule has 1 aromatic carbocycles. The van der Waals surface area contributed by atoms with Crippen molar-refractivity contribution in [3.05, 3.63) is 50.4 Å². The monoisotopic (exact) mass is 417 g/mol. The van der Waals surface area contributed by atoms with Gasteiger partial charge >= 0.3 is 0 Å². The highest BCUT2D eigenvalue weighted by Gasteiger charge is 2.24. The van der Waals surface area contributed by atoms with E-state index in [2.05, 4.69) is 56.1 Å². The van der Waals surface area contributed by atoms with Crippen molar-refractivity contribution in [2.75, 3.05) is 6.54 Å². The summed E-state index contributed by atoms with van der Waals surface area (Å²) in [7, 11) is 0. The molecular weight excluding hydrogens is 401 g/mol. The lowest BCUT2D eigenvalue weighted by molar-refractivity contribution is 0.466. The molecule has 0 bridgehead atoms. The summed E-state index contributed by atoms with van der Waals surface area (Å²) in [6, 6.07) is 5.10. The van der Waals surface area contributed by atoms with E-state index >= 15 is 0 Å². The molecule has 1 aromatic heterocycles. The van der Waals surface area contributed by atoms with Gasteiger partial charge in [-0.1, -0.05) is 28.9 Å². The van der Waals surface area contributed by atoms with Crippen LogP contribution in [0.3, 0.4) is 0 Å². The van der Waals surface area contributed by atoms with E-state index in [1.165, 1.54) is 6.07 Å². The van der Waals surface area contributed by atoms with Crippen molar-refractivity contribution in [3.63, 3.8) is 0 Å². The second-order valence-electron chi connectivity index (χ2n) is 5.07. The summed E-state index contributed by atoms with van der Waals surface area (Å²) >= 11 is 6.84. The van der Waals surface area contributed by atoms with E-state index in [9.17, 15) is 4.39 Å². The zero-order chi connectivity index (χ0) is 15.6. The molecule has 1 atom stereocenters. The van der Waals surface area contributed by atoms with Gasteiger partial charge < -0.3 is 5.32 Å². The molecule has 0 aliphatic carbocycles. The number of nitrogens with zero attached hydrogens (tertiary/aromatic N) is 2. The Labute approximate surface area is 141 Å². The van der Waals surface area contributed by atoms with Gasteiger partial charge in [0.25, 0.3) is 0 Å². The average molecular weight is 419 g/mol. The van der Waals surface area contributed by atoms with E-state index in [4.69, 9.17) is 0 Å². The highest BCUT2D eigenvalue weighted by Crippen LogP contribution is 2.32. The quantitative estimate of drug-likeness (QED) is 0.753. The molecule has 114 valence electrons. The van der Waals surface area contributed by atoms with Crippen molar-refractivity contribution in [3.8, 4) is 0 Å². The summed E-state index contributed by atoms with van der Waals surface area (Å²) in [4.78, 5) is 0. The third kappa shape index (κ3) is 3.55. The smallest absolute Gasteiger partial charge is 0.129 e. The van der Waals surface area contributed by atoms with Crippen molar-refractivity contribution in [2.45, 2.75) is 32.9 Å². The molecule has 21 heavy (non-hydrogen) atoms. The predicted molar refractivity (Wildman–Crippen MR) is 89.9 cm³/mol. The van der Waals surface area contributed by atoms with Crippen LogP contribution in [0.15, 0.2) is 33.3 Å². The molecule has 0 radical (unpaired) electrons. The number of hydrogen-bond donors (Lipinski definition) is 1. The summed E-state index contributed by atoms with van der Waals surface area (Å²) in [5.74, 6) is -0.237. The fourth-order valence-electron chi connectivity index (χ4n) is 2.33. The van der Waals surface area contributed by atoms with E-state index in [1.807, 2.05) is 17.7 Å². The second kappa shape index (κ2) is 7.03. The molecule has 0 saturated heterocycles. The van der Waals surface area contributed by atoms with Crippen molar-refractivity contribution < 1.29 is 4.39 Å². The van der Waals surface area contributed by atoms with Crippen molar-refractivity contribution >= 4 is 31.9 Å². The van der Waals surface area contributed by atoms with Gasteiger partial charge in [-0.3, -0.25) is 4.68 Å². The summed E-state index contributed by atoms with van der Waals surface area (Å²) in [5.41, 5.74) is 1.55. The molecule has 1 unspecified atom stereocenters. The molecule has 1 heterocycles. The van der Waals surface area contributed by atoms with Crippen LogP contribution in [0.5, 0.6) is 0 Å². The highest BCUT2D eigenvalue weighted by molar-refractivity contribution is 9.10. The van der Waals surface area contributed by atoms with Crippen LogP contribution >= 0.6 is 31.9 Å². The first-order valence-corrected chi connectivity index (χ1v) is 8.45. The summed E-state index contributed by atoms with van der Waals surface area (Å²) in [6.07, 6.45) is 1.76. The number of benzene rings is 1. The fraction of sp³-hybridized carbons (Fsp3) is 0.400. The molecule has 0 fully saturated rings. The van der Waals surface area contributed by atoms with E-state index in [1.54, 1.807) is 12.3 Å². The Morgan fingerprint density at radius 1 is 1.33 bits per heavy atom. The lowest BCUT2D eigenvalue weighted by atomic mass is 10.0. The first kappa shape index (κ1) is 16.6. The Hall–Kier alpha value is -0.720. The van der Waals surface area contributed by atoms with Crippen LogP contribution < -0.4 is 5.32 Å². The van der Waals surface area contributed by atoms with Gasteiger partial charge in [0.2, 0.25) is 0 Å². The van der Waals surface area contributed by atoms with Crippen LogP contribution in [-0.4, -0.2) is 16.3 Å². The molecule has 3 nitrogen and oxygen atoms in total. The Bertz CT molecular complexity index is 625. The maximum atomic E-state index is 14.4. The molecule has 0 saturated carbocycles. The van der Waals surface area contributed by atoms with Crippen LogP contribution in [0.25, 0.3) is 0 Å². The molecular formula is C15H18Br2FN3. The van der Waals surface area contributed by atoms with Gasteiger partial charge in [0.15, 0.2) is 0 Å². The van der Waals surface area contributed by atoms with Gasteiger partial charge in [-0.15, -0.1) is 0 Å².